The molecule has 0 atom stereocenters. The van der Waals surface area contributed by atoms with Crippen LogP contribution in [0.1, 0.15) is 46.2 Å². The summed E-state index contributed by atoms with van der Waals surface area (Å²) in [5.74, 6) is 0.814. The van der Waals surface area contributed by atoms with Gasteiger partial charge in [-0.15, -0.1) is 0 Å². The number of carbonyl (C=O) groups excluding carboxylic acids is 1. The Bertz CT molecular complexity index is 697. The third-order valence-electron chi connectivity index (χ3n) is 4.32. The van der Waals surface area contributed by atoms with Crippen molar-refractivity contribution in [3.05, 3.63) is 52.8 Å². The molecule has 0 radical (unpaired) electrons. The van der Waals surface area contributed by atoms with Crippen LogP contribution >= 0.6 is 0 Å². The molecular weight excluding hydrogens is 288 g/mol. The molecule has 1 fully saturated rings. The standard InChI is InChI=1S/C19H24N2O2/c1-13-4-8-17(9-5-13)23-11-10-20-19(22)18-12-14(2)21(15(18)3)16-6-7-16/h4-5,8-9,12,16H,6-7,10-11H2,1-3H3,(H,20,22). The average molecular weight is 312 g/mol. The summed E-state index contributed by atoms with van der Waals surface area (Å²) >= 11 is 0. The van der Waals surface area contributed by atoms with Crippen molar-refractivity contribution in [3.8, 4) is 5.75 Å². The first kappa shape index (κ1) is 15.7. The molecular formula is C19H24N2O2. The maximum Gasteiger partial charge on any atom is 0.253 e. The van der Waals surface area contributed by atoms with Crippen molar-refractivity contribution in [2.45, 2.75) is 39.7 Å². The number of aromatic nitrogens is 1. The zero-order chi connectivity index (χ0) is 16.4. The lowest BCUT2D eigenvalue weighted by atomic mass is 10.2. The molecule has 0 aliphatic heterocycles. The van der Waals surface area contributed by atoms with Gasteiger partial charge in [-0.2, -0.15) is 0 Å². The highest BCUT2D eigenvalue weighted by Gasteiger charge is 2.28. The molecule has 0 unspecified atom stereocenters. The fraction of sp³-hybridized carbons (Fsp3) is 0.421. The van der Waals surface area contributed by atoms with Crippen molar-refractivity contribution in [2.75, 3.05) is 13.2 Å². The molecule has 1 N–H and O–H groups in total. The quantitative estimate of drug-likeness (QED) is 0.829. The number of ether oxygens (including phenoxy) is 1. The van der Waals surface area contributed by atoms with E-state index in [0.717, 1.165) is 17.0 Å². The maximum atomic E-state index is 12.4. The normalized spacial score (nSPS) is 13.9. The largest absolute Gasteiger partial charge is 0.492 e. The molecule has 1 saturated carbocycles. The summed E-state index contributed by atoms with van der Waals surface area (Å²) in [6.07, 6.45) is 2.45. The summed E-state index contributed by atoms with van der Waals surface area (Å²) in [7, 11) is 0. The van der Waals surface area contributed by atoms with E-state index < -0.39 is 0 Å². The first-order chi connectivity index (χ1) is 11.1. The minimum Gasteiger partial charge on any atom is -0.492 e. The molecule has 1 aromatic carbocycles. The number of rotatable bonds is 6. The molecule has 1 amide bonds. The highest BCUT2D eigenvalue weighted by molar-refractivity contribution is 5.95. The van der Waals surface area contributed by atoms with Gasteiger partial charge in [0.05, 0.1) is 12.1 Å². The molecule has 1 aliphatic rings. The predicted molar refractivity (Wildman–Crippen MR) is 91.2 cm³/mol. The molecule has 0 saturated heterocycles. The maximum absolute atomic E-state index is 12.4. The van der Waals surface area contributed by atoms with E-state index in [-0.39, 0.29) is 5.91 Å². The van der Waals surface area contributed by atoms with Gasteiger partial charge in [0.2, 0.25) is 0 Å². The van der Waals surface area contributed by atoms with Crippen LogP contribution < -0.4 is 10.1 Å². The first-order valence-corrected chi connectivity index (χ1v) is 8.22. The summed E-state index contributed by atoms with van der Waals surface area (Å²) in [5, 5.41) is 2.94. The smallest absolute Gasteiger partial charge is 0.253 e. The fourth-order valence-electron chi connectivity index (χ4n) is 2.96. The Kier molecular flexibility index (Phi) is 4.42. The zero-order valence-corrected chi connectivity index (χ0v) is 14.1. The minimum atomic E-state index is -0.0162. The number of hydrogen-bond donors (Lipinski definition) is 1. The Labute approximate surface area is 137 Å². The lowest BCUT2D eigenvalue weighted by Gasteiger charge is -2.09. The second-order valence-corrected chi connectivity index (χ2v) is 6.30. The third kappa shape index (κ3) is 3.58. The van der Waals surface area contributed by atoms with E-state index in [1.807, 2.05) is 44.2 Å². The van der Waals surface area contributed by atoms with Crippen LogP contribution in [-0.2, 0) is 0 Å². The number of nitrogens with one attached hydrogen (secondary N) is 1. The van der Waals surface area contributed by atoms with Crippen LogP contribution in [0.15, 0.2) is 30.3 Å². The van der Waals surface area contributed by atoms with E-state index in [2.05, 4.69) is 16.8 Å². The molecule has 23 heavy (non-hydrogen) atoms. The van der Waals surface area contributed by atoms with Crippen molar-refractivity contribution in [3.63, 3.8) is 0 Å². The van der Waals surface area contributed by atoms with Gasteiger partial charge in [-0.25, -0.2) is 0 Å². The summed E-state index contributed by atoms with van der Waals surface area (Å²) in [6.45, 7) is 7.11. The monoisotopic (exact) mass is 312 g/mol. The topological polar surface area (TPSA) is 43.3 Å². The Morgan fingerprint density at radius 3 is 2.57 bits per heavy atom. The van der Waals surface area contributed by atoms with Crippen molar-refractivity contribution in [1.82, 2.24) is 9.88 Å². The molecule has 1 heterocycles. The van der Waals surface area contributed by atoms with Crippen LogP contribution in [0.5, 0.6) is 5.75 Å². The second kappa shape index (κ2) is 6.49. The van der Waals surface area contributed by atoms with E-state index in [9.17, 15) is 4.79 Å². The summed E-state index contributed by atoms with van der Waals surface area (Å²) < 4.78 is 7.92. The van der Waals surface area contributed by atoms with Crippen molar-refractivity contribution < 1.29 is 9.53 Å². The Morgan fingerprint density at radius 1 is 1.22 bits per heavy atom. The molecule has 2 aromatic rings. The van der Waals surface area contributed by atoms with Gasteiger partial charge in [0.1, 0.15) is 12.4 Å². The molecule has 122 valence electrons. The lowest BCUT2D eigenvalue weighted by Crippen LogP contribution is -2.28. The second-order valence-electron chi connectivity index (χ2n) is 6.30. The average Bonchev–Trinajstić information content (AvgIpc) is 3.31. The molecule has 4 heteroatoms. The van der Waals surface area contributed by atoms with Crippen LogP contribution in [-0.4, -0.2) is 23.6 Å². The van der Waals surface area contributed by atoms with E-state index in [1.54, 1.807) is 0 Å². The van der Waals surface area contributed by atoms with Crippen molar-refractivity contribution in [1.29, 1.82) is 0 Å². The van der Waals surface area contributed by atoms with Gasteiger partial charge in [-0.3, -0.25) is 4.79 Å². The number of nitrogens with zero attached hydrogens (tertiary/aromatic N) is 1. The lowest BCUT2D eigenvalue weighted by molar-refractivity contribution is 0.0946. The molecule has 0 bridgehead atoms. The van der Waals surface area contributed by atoms with Gasteiger partial charge in [0.25, 0.3) is 5.91 Å². The van der Waals surface area contributed by atoms with Gasteiger partial charge in [-0.05, 0) is 51.8 Å². The number of aryl methyl sites for hydroxylation is 2. The van der Waals surface area contributed by atoms with E-state index >= 15 is 0 Å². The minimum absolute atomic E-state index is 0.0162. The van der Waals surface area contributed by atoms with Crippen LogP contribution in [0, 0.1) is 20.8 Å². The summed E-state index contributed by atoms with van der Waals surface area (Å²) in [5.41, 5.74) is 4.23. The molecule has 1 aromatic heterocycles. The fourth-order valence-corrected chi connectivity index (χ4v) is 2.96. The third-order valence-corrected chi connectivity index (χ3v) is 4.32. The van der Waals surface area contributed by atoms with Gasteiger partial charge in [0.15, 0.2) is 0 Å². The van der Waals surface area contributed by atoms with Crippen molar-refractivity contribution in [2.24, 2.45) is 0 Å². The number of amides is 1. The van der Waals surface area contributed by atoms with E-state index in [1.165, 1.54) is 24.1 Å². The van der Waals surface area contributed by atoms with E-state index in [4.69, 9.17) is 4.74 Å². The molecule has 1 aliphatic carbocycles. The van der Waals surface area contributed by atoms with Gasteiger partial charge >= 0.3 is 0 Å². The van der Waals surface area contributed by atoms with Crippen LogP contribution in [0.3, 0.4) is 0 Å². The van der Waals surface area contributed by atoms with E-state index in [0.29, 0.717) is 19.2 Å². The van der Waals surface area contributed by atoms with Crippen LogP contribution in [0.2, 0.25) is 0 Å². The van der Waals surface area contributed by atoms with Gasteiger partial charge < -0.3 is 14.6 Å². The highest BCUT2D eigenvalue weighted by atomic mass is 16.5. The zero-order valence-electron chi connectivity index (χ0n) is 14.1. The van der Waals surface area contributed by atoms with Crippen LogP contribution in [0.25, 0.3) is 0 Å². The summed E-state index contributed by atoms with van der Waals surface area (Å²) in [4.78, 5) is 12.4. The Morgan fingerprint density at radius 2 is 1.91 bits per heavy atom. The van der Waals surface area contributed by atoms with Crippen molar-refractivity contribution >= 4 is 5.91 Å². The SMILES string of the molecule is Cc1ccc(OCCNC(=O)c2cc(C)n(C3CC3)c2C)cc1. The number of carbonyl (C=O) groups is 1. The van der Waals surface area contributed by atoms with Crippen LogP contribution in [0.4, 0.5) is 0 Å². The van der Waals surface area contributed by atoms with Gasteiger partial charge in [-0.1, -0.05) is 17.7 Å². The van der Waals surface area contributed by atoms with Gasteiger partial charge in [0, 0.05) is 17.4 Å². The Hall–Kier alpha value is -2.23. The number of hydrogen-bond acceptors (Lipinski definition) is 2. The molecule has 3 rings (SSSR count). The summed E-state index contributed by atoms with van der Waals surface area (Å²) in [6, 6.07) is 10.5. The Balaban J connectivity index is 1.51. The predicted octanol–water partition coefficient (Wildman–Crippen LogP) is 3.56. The number of benzene rings is 1. The molecule has 4 nitrogen and oxygen atoms in total. The molecule has 0 spiro atoms. The first-order valence-electron chi connectivity index (χ1n) is 8.22. The highest BCUT2D eigenvalue weighted by Crippen LogP contribution is 2.38.